The van der Waals surface area contributed by atoms with Gasteiger partial charge in [-0.3, -0.25) is 0 Å². The molecule has 0 fully saturated rings. The maximum atomic E-state index is 10.2. The molecule has 1 aromatic heterocycles. The van der Waals surface area contributed by atoms with Gasteiger partial charge in [-0.2, -0.15) is 0 Å². The maximum Gasteiger partial charge on any atom is 0.168 e. The maximum absolute atomic E-state index is 10.2. The van der Waals surface area contributed by atoms with Crippen LogP contribution in [0.2, 0.25) is 0 Å². The Morgan fingerprint density at radius 2 is 1.80 bits per heavy atom. The van der Waals surface area contributed by atoms with Crippen LogP contribution in [0.15, 0.2) is 59.8 Å². The highest BCUT2D eigenvalue weighted by Gasteiger charge is 2.12. The molecule has 3 rings (SSSR count). The number of hydrogen-bond acceptors (Lipinski definition) is 3. The van der Waals surface area contributed by atoms with E-state index in [1.165, 1.54) is 0 Å². The topological polar surface area (TPSA) is 38.0 Å². The summed E-state index contributed by atoms with van der Waals surface area (Å²) in [4.78, 5) is 4.59. The Labute approximate surface area is 122 Å². The number of hydrogen-bond donors (Lipinski definition) is 1. The molecular weight excluding hydrogens is 268 g/mol. The van der Waals surface area contributed by atoms with Gasteiger partial charge in [0.05, 0.1) is 17.1 Å². The van der Waals surface area contributed by atoms with Crippen molar-refractivity contribution >= 4 is 22.8 Å². The minimum atomic E-state index is -0.471. The van der Waals surface area contributed by atoms with Gasteiger partial charge in [0, 0.05) is 12.8 Å². The number of aliphatic hydroxyl groups is 1. The standard InChI is InChI=1S/C16H16N2OS/c1-18-14-10-6-5-9-13(14)17-16(18)20-11-15(19)12-7-3-2-4-8-12/h2-10,15,19H,11H2,1H3/t15-/m0/s1. The van der Waals surface area contributed by atoms with Gasteiger partial charge in [-0.15, -0.1) is 0 Å². The minimum absolute atomic E-state index is 0.471. The molecule has 3 aromatic rings. The summed E-state index contributed by atoms with van der Waals surface area (Å²) in [5, 5.41) is 11.1. The minimum Gasteiger partial charge on any atom is -0.388 e. The van der Waals surface area contributed by atoms with E-state index in [9.17, 15) is 5.11 Å². The van der Waals surface area contributed by atoms with Crippen LogP contribution in [0.3, 0.4) is 0 Å². The summed E-state index contributed by atoms with van der Waals surface area (Å²) in [6, 6.07) is 17.8. The highest BCUT2D eigenvalue weighted by atomic mass is 32.2. The fourth-order valence-electron chi connectivity index (χ4n) is 2.18. The molecule has 0 aliphatic rings. The molecule has 0 aliphatic carbocycles. The molecule has 1 atom stereocenters. The van der Waals surface area contributed by atoms with Crippen LogP contribution in [0.5, 0.6) is 0 Å². The summed E-state index contributed by atoms with van der Waals surface area (Å²) in [5.74, 6) is 0.598. The SMILES string of the molecule is Cn1c(SC[C@H](O)c2ccccc2)nc2ccccc21. The molecule has 0 aliphatic heterocycles. The van der Waals surface area contributed by atoms with Crippen molar-refractivity contribution in [1.29, 1.82) is 0 Å². The first-order valence-corrected chi connectivity index (χ1v) is 7.51. The summed E-state index contributed by atoms with van der Waals surface area (Å²) in [6.07, 6.45) is -0.471. The van der Waals surface area contributed by atoms with Crippen LogP contribution in [0, 0.1) is 0 Å². The molecule has 0 spiro atoms. The van der Waals surface area contributed by atoms with Gasteiger partial charge in [0.2, 0.25) is 0 Å². The van der Waals surface area contributed by atoms with E-state index in [0.29, 0.717) is 5.75 Å². The number of fused-ring (bicyclic) bond motifs is 1. The van der Waals surface area contributed by atoms with Gasteiger partial charge in [-0.25, -0.2) is 4.98 Å². The zero-order valence-electron chi connectivity index (χ0n) is 11.2. The lowest BCUT2D eigenvalue weighted by molar-refractivity contribution is 0.204. The largest absolute Gasteiger partial charge is 0.388 e. The zero-order valence-corrected chi connectivity index (χ0v) is 12.0. The predicted molar refractivity (Wildman–Crippen MR) is 82.8 cm³/mol. The average Bonchev–Trinajstić information content (AvgIpc) is 2.83. The Hall–Kier alpha value is -1.78. The van der Waals surface area contributed by atoms with E-state index >= 15 is 0 Å². The van der Waals surface area contributed by atoms with Crippen LogP contribution in [0.1, 0.15) is 11.7 Å². The fraction of sp³-hybridized carbons (Fsp3) is 0.188. The molecular formula is C16H16N2OS. The Balaban J connectivity index is 1.76. The predicted octanol–water partition coefficient (Wildman–Crippen LogP) is 3.40. The molecule has 0 unspecified atom stereocenters. The van der Waals surface area contributed by atoms with Crippen molar-refractivity contribution < 1.29 is 5.11 Å². The first kappa shape index (κ1) is 13.2. The van der Waals surface area contributed by atoms with E-state index in [4.69, 9.17) is 0 Å². The molecule has 0 amide bonds. The number of benzene rings is 2. The molecule has 0 radical (unpaired) electrons. The summed E-state index contributed by atoms with van der Waals surface area (Å²) >= 11 is 1.58. The smallest absolute Gasteiger partial charge is 0.168 e. The van der Waals surface area contributed by atoms with Gasteiger partial charge in [-0.1, -0.05) is 54.2 Å². The number of aryl methyl sites for hydroxylation is 1. The molecule has 0 saturated carbocycles. The Morgan fingerprint density at radius 3 is 2.55 bits per heavy atom. The Bertz CT molecular complexity index is 709. The number of imidazole rings is 1. The second-order valence-corrected chi connectivity index (χ2v) is 5.67. The molecule has 0 bridgehead atoms. The van der Waals surface area contributed by atoms with Crippen molar-refractivity contribution in [2.24, 2.45) is 7.05 Å². The van der Waals surface area contributed by atoms with E-state index in [2.05, 4.69) is 15.6 Å². The molecule has 1 N–H and O–H groups in total. The second kappa shape index (κ2) is 5.69. The first-order chi connectivity index (χ1) is 9.75. The Morgan fingerprint density at radius 1 is 1.10 bits per heavy atom. The van der Waals surface area contributed by atoms with E-state index in [-0.39, 0.29) is 0 Å². The van der Waals surface area contributed by atoms with E-state index < -0.39 is 6.10 Å². The quantitative estimate of drug-likeness (QED) is 0.746. The number of thioether (sulfide) groups is 1. The van der Waals surface area contributed by atoms with Crippen molar-refractivity contribution in [3.63, 3.8) is 0 Å². The lowest BCUT2D eigenvalue weighted by Crippen LogP contribution is -2.01. The average molecular weight is 284 g/mol. The van der Waals surface area contributed by atoms with Gasteiger partial charge in [0.25, 0.3) is 0 Å². The van der Waals surface area contributed by atoms with Crippen LogP contribution in [-0.4, -0.2) is 20.4 Å². The lowest BCUT2D eigenvalue weighted by atomic mass is 10.1. The summed E-state index contributed by atoms with van der Waals surface area (Å²) in [7, 11) is 2.01. The third-order valence-electron chi connectivity index (χ3n) is 3.30. The van der Waals surface area contributed by atoms with Crippen molar-refractivity contribution in [3.05, 3.63) is 60.2 Å². The van der Waals surface area contributed by atoms with Crippen LogP contribution in [-0.2, 0) is 7.05 Å². The highest BCUT2D eigenvalue weighted by Crippen LogP contribution is 2.26. The van der Waals surface area contributed by atoms with Crippen LogP contribution < -0.4 is 0 Å². The van der Waals surface area contributed by atoms with E-state index in [0.717, 1.165) is 21.8 Å². The first-order valence-electron chi connectivity index (χ1n) is 6.53. The number of aromatic nitrogens is 2. The van der Waals surface area contributed by atoms with Crippen LogP contribution in [0.4, 0.5) is 0 Å². The summed E-state index contributed by atoms with van der Waals surface area (Å²) < 4.78 is 2.07. The van der Waals surface area contributed by atoms with Crippen LogP contribution in [0.25, 0.3) is 11.0 Å². The van der Waals surface area contributed by atoms with Crippen molar-refractivity contribution in [2.45, 2.75) is 11.3 Å². The second-order valence-electron chi connectivity index (χ2n) is 4.68. The molecule has 20 heavy (non-hydrogen) atoms. The number of rotatable bonds is 4. The van der Waals surface area contributed by atoms with Gasteiger partial charge in [0.1, 0.15) is 0 Å². The van der Waals surface area contributed by atoms with E-state index in [1.807, 2.05) is 55.6 Å². The van der Waals surface area contributed by atoms with Crippen molar-refractivity contribution in [3.8, 4) is 0 Å². The van der Waals surface area contributed by atoms with Gasteiger partial charge in [-0.05, 0) is 17.7 Å². The number of para-hydroxylation sites is 2. The van der Waals surface area contributed by atoms with Gasteiger partial charge < -0.3 is 9.67 Å². The number of aliphatic hydroxyl groups excluding tert-OH is 1. The lowest BCUT2D eigenvalue weighted by Gasteiger charge is -2.10. The molecule has 102 valence electrons. The monoisotopic (exact) mass is 284 g/mol. The molecule has 4 heteroatoms. The molecule has 0 saturated heterocycles. The van der Waals surface area contributed by atoms with E-state index in [1.54, 1.807) is 11.8 Å². The summed E-state index contributed by atoms with van der Waals surface area (Å²) in [6.45, 7) is 0. The molecule has 1 heterocycles. The Kier molecular flexibility index (Phi) is 3.76. The van der Waals surface area contributed by atoms with Gasteiger partial charge >= 0.3 is 0 Å². The fourth-order valence-corrected chi connectivity index (χ4v) is 3.13. The van der Waals surface area contributed by atoms with Crippen molar-refractivity contribution in [1.82, 2.24) is 9.55 Å². The highest BCUT2D eigenvalue weighted by molar-refractivity contribution is 7.99. The third-order valence-corrected chi connectivity index (χ3v) is 4.41. The van der Waals surface area contributed by atoms with Gasteiger partial charge in [0.15, 0.2) is 5.16 Å². The van der Waals surface area contributed by atoms with Crippen molar-refractivity contribution in [2.75, 3.05) is 5.75 Å². The van der Waals surface area contributed by atoms with Crippen LogP contribution >= 0.6 is 11.8 Å². The third kappa shape index (κ3) is 2.57. The molecule has 3 nitrogen and oxygen atoms in total. The normalized spacial score (nSPS) is 12.7. The number of nitrogens with zero attached hydrogens (tertiary/aromatic N) is 2. The zero-order chi connectivity index (χ0) is 13.9. The summed E-state index contributed by atoms with van der Waals surface area (Å²) in [5.41, 5.74) is 3.05. The molecule has 2 aromatic carbocycles.